The zero-order valence-electron chi connectivity index (χ0n) is 4.22. The molecule has 1 saturated heterocycles. The minimum atomic E-state index is 0.255. The molecular weight excluding hydrogens is 90.1 g/mol. The highest BCUT2D eigenvalue weighted by Crippen LogP contribution is 2.23. The predicted octanol–water partition coefficient (Wildman–Crippen LogP) is 0.687. The van der Waals surface area contributed by atoms with Crippen molar-refractivity contribution in [2.24, 2.45) is 0 Å². The smallest absolute Gasteiger partial charge is 0.0968 e. The van der Waals surface area contributed by atoms with Crippen LogP contribution in [0, 0.1) is 11.3 Å². The summed E-state index contributed by atoms with van der Waals surface area (Å²) >= 11 is 0. The Labute approximate surface area is 42.7 Å². The number of epoxide rings is 1. The molecule has 7 heavy (non-hydrogen) atoms. The van der Waals surface area contributed by atoms with Gasteiger partial charge in [0.1, 0.15) is 0 Å². The fraction of sp³-hybridized carbons (Fsp3) is 0.800. The summed E-state index contributed by atoms with van der Waals surface area (Å²) in [6, 6.07) is 2.04. The summed E-state index contributed by atoms with van der Waals surface area (Å²) < 4.78 is 4.93. The number of rotatable bonds is 1. The fourth-order valence-corrected chi connectivity index (χ4v) is 0.534. The largest absolute Gasteiger partial charge is 0.369 e. The van der Waals surface area contributed by atoms with Crippen molar-refractivity contribution in [2.75, 3.05) is 0 Å². The second kappa shape index (κ2) is 1.51. The van der Waals surface area contributed by atoms with Gasteiger partial charge in [0.25, 0.3) is 0 Å². The van der Waals surface area contributed by atoms with Gasteiger partial charge >= 0.3 is 0 Å². The lowest BCUT2D eigenvalue weighted by Crippen LogP contribution is -1.83. The van der Waals surface area contributed by atoms with Crippen LogP contribution in [0.5, 0.6) is 0 Å². The van der Waals surface area contributed by atoms with Crippen LogP contribution < -0.4 is 0 Å². The van der Waals surface area contributed by atoms with Crippen LogP contribution in [0.3, 0.4) is 0 Å². The van der Waals surface area contributed by atoms with Gasteiger partial charge in [0, 0.05) is 0 Å². The molecule has 2 atom stereocenters. The maximum Gasteiger partial charge on any atom is 0.0968 e. The Balaban J connectivity index is 2.12. The molecule has 1 rings (SSSR count). The SMILES string of the molecule is C[C@H]1O[C@@H]1CC#N. The third-order valence-corrected chi connectivity index (χ3v) is 1.13. The lowest BCUT2D eigenvalue weighted by Gasteiger charge is -1.70. The van der Waals surface area contributed by atoms with E-state index >= 15 is 0 Å². The van der Waals surface area contributed by atoms with E-state index in [-0.39, 0.29) is 6.10 Å². The van der Waals surface area contributed by atoms with Gasteiger partial charge < -0.3 is 4.74 Å². The number of nitriles is 1. The van der Waals surface area contributed by atoms with Crippen LogP contribution in [-0.4, -0.2) is 12.2 Å². The van der Waals surface area contributed by atoms with Crippen molar-refractivity contribution in [3.8, 4) is 6.07 Å². The topological polar surface area (TPSA) is 36.3 Å². The van der Waals surface area contributed by atoms with Gasteiger partial charge in [-0.2, -0.15) is 5.26 Å². The summed E-state index contributed by atoms with van der Waals surface area (Å²) in [5.74, 6) is 0. The first-order valence-electron chi connectivity index (χ1n) is 2.37. The molecule has 0 aromatic rings. The zero-order chi connectivity index (χ0) is 5.28. The molecule has 0 aromatic heterocycles. The van der Waals surface area contributed by atoms with E-state index in [1.54, 1.807) is 0 Å². The number of nitrogens with zero attached hydrogens (tertiary/aromatic N) is 1. The van der Waals surface area contributed by atoms with E-state index in [1.165, 1.54) is 0 Å². The van der Waals surface area contributed by atoms with Crippen LogP contribution in [-0.2, 0) is 4.74 Å². The van der Waals surface area contributed by atoms with Gasteiger partial charge in [0.2, 0.25) is 0 Å². The van der Waals surface area contributed by atoms with Gasteiger partial charge in [-0.25, -0.2) is 0 Å². The van der Waals surface area contributed by atoms with Crippen LogP contribution in [0.2, 0.25) is 0 Å². The summed E-state index contributed by atoms with van der Waals surface area (Å²) in [7, 11) is 0. The summed E-state index contributed by atoms with van der Waals surface area (Å²) in [6.07, 6.45) is 1.16. The monoisotopic (exact) mass is 97.1 g/mol. The third-order valence-electron chi connectivity index (χ3n) is 1.13. The van der Waals surface area contributed by atoms with Crippen LogP contribution in [0.15, 0.2) is 0 Å². The molecule has 0 aromatic carbocycles. The fourth-order valence-electron chi connectivity index (χ4n) is 0.534. The minimum absolute atomic E-state index is 0.255. The highest BCUT2D eigenvalue weighted by atomic mass is 16.6. The molecule has 0 saturated carbocycles. The summed E-state index contributed by atoms with van der Waals surface area (Å²) in [6.45, 7) is 1.97. The Hall–Kier alpha value is -0.550. The number of hydrogen-bond acceptors (Lipinski definition) is 2. The van der Waals surface area contributed by atoms with Crippen LogP contribution >= 0.6 is 0 Å². The van der Waals surface area contributed by atoms with Crippen LogP contribution in [0.4, 0.5) is 0 Å². The van der Waals surface area contributed by atoms with Gasteiger partial charge in [-0.1, -0.05) is 0 Å². The Bertz CT molecular complexity index is 105. The minimum Gasteiger partial charge on any atom is -0.369 e. The van der Waals surface area contributed by atoms with Crippen molar-refractivity contribution in [1.82, 2.24) is 0 Å². The molecule has 1 fully saturated rings. The van der Waals surface area contributed by atoms with Gasteiger partial charge in [0.05, 0.1) is 24.7 Å². The molecule has 0 radical (unpaired) electrons. The standard InChI is InChI=1S/C5H7NO/c1-4-5(7-4)2-3-6/h4-5H,2H2,1H3/t4-,5-/m1/s1. The van der Waals surface area contributed by atoms with E-state index in [0.717, 1.165) is 0 Å². The van der Waals surface area contributed by atoms with E-state index in [4.69, 9.17) is 10.00 Å². The van der Waals surface area contributed by atoms with Crippen molar-refractivity contribution < 1.29 is 4.74 Å². The molecule has 2 nitrogen and oxygen atoms in total. The number of ether oxygens (including phenoxy) is 1. The van der Waals surface area contributed by atoms with E-state index in [0.29, 0.717) is 12.5 Å². The van der Waals surface area contributed by atoms with Crippen molar-refractivity contribution >= 4 is 0 Å². The highest BCUT2D eigenvalue weighted by molar-refractivity contribution is 4.88. The van der Waals surface area contributed by atoms with Crippen LogP contribution in [0.1, 0.15) is 13.3 Å². The number of hydrogen-bond donors (Lipinski definition) is 0. The maximum absolute atomic E-state index is 8.06. The lowest BCUT2D eigenvalue weighted by atomic mass is 10.3. The average Bonchev–Trinajstić information content (AvgIpc) is 2.22. The van der Waals surface area contributed by atoms with E-state index in [9.17, 15) is 0 Å². The Kier molecular flexibility index (Phi) is 0.994. The Morgan fingerprint density at radius 1 is 1.86 bits per heavy atom. The van der Waals surface area contributed by atoms with Gasteiger partial charge in [-0.15, -0.1) is 0 Å². The highest BCUT2D eigenvalue weighted by Gasteiger charge is 2.33. The molecule has 0 spiro atoms. The summed E-state index contributed by atoms with van der Waals surface area (Å²) in [5.41, 5.74) is 0. The molecule has 1 heterocycles. The molecule has 0 aliphatic carbocycles. The van der Waals surface area contributed by atoms with E-state index in [2.05, 4.69) is 0 Å². The second-order valence-corrected chi connectivity index (χ2v) is 1.74. The zero-order valence-corrected chi connectivity index (χ0v) is 4.22. The molecule has 1 aliphatic heterocycles. The normalized spacial score (nSPS) is 37.1. The lowest BCUT2D eigenvalue weighted by molar-refractivity contribution is 0.381. The quantitative estimate of drug-likeness (QED) is 0.451. The van der Waals surface area contributed by atoms with Crippen molar-refractivity contribution in [3.63, 3.8) is 0 Å². The van der Waals surface area contributed by atoms with E-state index in [1.807, 2.05) is 13.0 Å². The van der Waals surface area contributed by atoms with Crippen LogP contribution in [0.25, 0.3) is 0 Å². The molecule has 0 N–H and O–H groups in total. The first-order valence-corrected chi connectivity index (χ1v) is 2.37. The molecule has 2 heteroatoms. The summed E-state index contributed by atoms with van der Waals surface area (Å²) in [5, 5.41) is 8.06. The molecule has 0 bridgehead atoms. The maximum atomic E-state index is 8.06. The van der Waals surface area contributed by atoms with Crippen molar-refractivity contribution in [2.45, 2.75) is 25.6 Å². The first kappa shape index (κ1) is 4.61. The molecule has 0 unspecified atom stereocenters. The predicted molar refractivity (Wildman–Crippen MR) is 24.6 cm³/mol. The van der Waals surface area contributed by atoms with Gasteiger partial charge in [0.15, 0.2) is 0 Å². The second-order valence-electron chi connectivity index (χ2n) is 1.74. The van der Waals surface area contributed by atoms with Gasteiger partial charge in [-0.3, -0.25) is 0 Å². The molecular formula is C5H7NO. The first-order chi connectivity index (χ1) is 3.34. The Morgan fingerprint density at radius 2 is 2.43 bits per heavy atom. The Morgan fingerprint density at radius 3 is 2.57 bits per heavy atom. The molecule has 1 aliphatic rings. The third kappa shape index (κ3) is 0.908. The molecule has 0 amide bonds. The van der Waals surface area contributed by atoms with Gasteiger partial charge in [-0.05, 0) is 6.92 Å². The average molecular weight is 97.1 g/mol. The molecule has 38 valence electrons. The van der Waals surface area contributed by atoms with E-state index < -0.39 is 0 Å². The van der Waals surface area contributed by atoms with Crippen molar-refractivity contribution in [3.05, 3.63) is 0 Å². The van der Waals surface area contributed by atoms with Crippen molar-refractivity contribution in [1.29, 1.82) is 5.26 Å². The summed E-state index contributed by atoms with van der Waals surface area (Å²) in [4.78, 5) is 0.